The summed E-state index contributed by atoms with van der Waals surface area (Å²) in [6, 6.07) is 12.8. The lowest BCUT2D eigenvalue weighted by atomic mass is 10.1. The van der Waals surface area contributed by atoms with Gasteiger partial charge in [-0.2, -0.15) is 4.31 Å². The molecule has 30 heavy (non-hydrogen) atoms. The van der Waals surface area contributed by atoms with E-state index in [2.05, 4.69) is 5.32 Å². The van der Waals surface area contributed by atoms with Crippen LogP contribution in [0.25, 0.3) is 0 Å². The molecule has 162 valence electrons. The van der Waals surface area contributed by atoms with Crippen molar-refractivity contribution in [2.24, 2.45) is 0 Å². The summed E-state index contributed by atoms with van der Waals surface area (Å²) in [7, 11) is -3.40. The van der Waals surface area contributed by atoms with Gasteiger partial charge < -0.3 is 10.1 Å². The fourth-order valence-electron chi connectivity index (χ4n) is 3.58. The highest BCUT2D eigenvalue weighted by Gasteiger charge is 2.26. The summed E-state index contributed by atoms with van der Waals surface area (Å²) >= 11 is 0. The highest BCUT2D eigenvalue weighted by atomic mass is 32.2. The van der Waals surface area contributed by atoms with Crippen molar-refractivity contribution in [1.82, 2.24) is 9.62 Å². The van der Waals surface area contributed by atoms with Gasteiger partial charge >= 0.3 is 0 Å². The van der Waals surface area contributed by atoms with Gasteiger partial charge in [-0.1, -0.05) is 30.3 Å². The van der Waals surface area contributed by atoms with Crippen LogP contribution in [0.4, 0.5) is 0 Å². The van der Waals surface area contributed by atoms with Crippen LogP contribution in [0, 0.1) is 13.8 Å². The Morgan fingerprint density at radius 3 is 2.30 bits per heavy atom. The molecule has 2 aromatic carbocycles. The van der Waals surface area contributed by atoms with Crippen molar-refractivity contribution in [2.45, 2.75) is 51.0 Å². The molecule has 0 aromatic heterocycles. The second-order valence-electron chi connectivity index (χ2n) is 7.70. The molecule has 0 atom stereocenters. The first-order chi connectivity index (χ1) is 14.4. The zero-order valence-corrected chi connectivity index (χ0v) is 18.5. The molecule has 0 bridgehead atoms. The largest absolute Gasteiger partial charge is 0.493 e. The Kier molecular flexibility index (Phi) is 7.50. The van der Waals surface area contributed by atoms with E-state index in [1.165, 1.54) is 4.31 Å². The van der Waals surface area contributed by atoms with Crippen molar-refractivity contribution in [3.8, 4) is 5.75 Å². The van der Waals surface area contributed by atoms with Crippen LogP contribution in [0.2, 0.25) is 0 Å². The standard InChI is InChI=1S/C23H30N2O4S/c1-18-7-5-8-19(2)23(18)29-16-6-9-22(26)24-17-20-10-12-21(13-11-20)30(27,28)25-14-3-4-15-25/h5,7-8,10-13H,3-4,6,9,14-17H2,1-2H3,(H,24,26). The summed E-state index contributed by atoms with van der Waals surface area (Å²) in [6.07, 6.45) is 2.84. The molecule has 1 aliphatic heterocycles. The van der Waals surface area contributed by atoms with E-state index in [9.17, 15) is 13.2 Å². The van der Waals surface area contributed by atoms with Crippen LogP contribution in [0.15, 0.2) is 47.4 Å². The molecule has 0 saturated carbocycles. The Balaban J connectivity index is 1.41. The van der Waals surface area contributed by atoms with Gasteiger partial charge in [0, 0.05) is 26.1 Å². The smallest absolute Gasteiger partial charge is 0.243 e. The number of nitrogens with one attached hydrogen (secondary N) is 1. The average molecular weight is 431 g/mol. The third kappa shape index (κ3) is 5.61. The molecule has 1 aliphatic rings. The summed E-state index contributed by atoms with van der Waals surface area (Å²) in [5.74, 6) is 0.843. The molecule has 1 N–H and O–H groups in total. The van der Waals surface area contributed by atoms with Gasteiger partial charge in [0.1, 0.15) is 5.75 Å². The van der Waals surface area contributed by atoms with Gasteiger partial charge in [-0.05, 0) is 61.9 Å². The lowest BCUT2D eigenvalue weighted by molar-refractivity contribution is -0.121. The van der Waals surface area contributed by atoms with E-state index in [0.29, 0.717) is 44.0 Å². The molecule has 0 radical (unpaired) electrons. The van der Waals surface area contributed by atoms with Crippen molar-refractivity contribution < 1.29 is 17.9 Å². The van der Waals surface area contributed by atoms with Crippen molar-refractivity contribution in [2.75, 3.05) is 19.7 Å². The number of hydrogen-bond acceptors (Lipinski definition) is 4. The van der Waals surface area contributed by atoms with Crippen molar-refractivity contribution in [1.29, 1.82) is 0 Å². The van der Waals surface area contributed by atoms with E-state index in [-0.39, 0.29) is 5.91 Å². The lowest BCUT2D eigenvalue weighted by Crippen LogP contribution is -2.28. The first-order valence-electron chi connectivity index (χ1n) is 10.4. The minimum absolute atomic E-state index is 0.0473. The van der Waals surface area contributed by atoms with Crippen molar-refractivity contribution >= 4 is 15.9 Å². The molecule has 1 fully saturated rings. The number of benzene rings is 2. The van der Waals surface area contributed by atoms with Gasteiger partial charge in [-0.3, -0.25) is 4.79 Å². The molecular formula is C23H30N2O4S. The van der Waals surface area contributed by atoms with E-state index >= 15 is 0 Å². The monoisotopic (exact) mass is 430 g/mol. The first-order valence-corrected chi connectivity index (χ1v) is 11.9. The second-order valence-corrected chi connectivity index (χ2v) is 9.64. The predicted molar refractivity (Wildman–Crippen MR) is 117 cm³/mol. The summed E-state index contributed by atoms with van der Waals surface area (Å²) in [5, 5.41) is 2.88. The zero-order valence-electron chi connectivity index (χ0n) is 17.7. The summed E-state index contributed by atoms with van der Waals surface area (Å²) in [5.41, 5.74) is 3.06. The van der Waals surface area contributed by atoms with E-state index < -0.39 is 10.0 Å². The van der Waals surface area contributed by atoms with Crippen molar-refractivity contribution in [3.05, 3.63) is 59.2 Å². The molecule has 7 heteroatoms. The molecule has 1 saturated heterocycles. The molecule has 6 nitrogen and oxygen atoms in total. The van der Waals surface area contributed by atoms with Crippen LogP contribution >= 0.6 is 0 Å². The molecule has 2 aromatic rings. The first kappa shape index (κ1) is 22.3. The zero-order chi connectivity index (χ0) is 21.6. The summed E-state index contributed by atoms with van der Waals surface area (Å²) in [6.45, 7) is 6.07. The fraction of sp³-hybridized carbons (Fsp3) is 0.435. The second kappa shape index (κ2) is 10.1. The number of hydrogen-bond donors (Lipinski definition) is 1. The number of nitrogens with zero attached hydrogens (tertiary/aromatic N) is 1. The van der Waals surface area contributed by atoms with E-state index in [1.54, 1.807) is 24.3 Å². The van der Waals surface area contributed by atoms with E-state index in [4.69, 9.17) is 4.74 Å². The van der Waals surface area contributed by atoms with Crippen molar-refractivity contribution in [3.63, 3.8) is 0 Å². The molecule has 1 amide bonds. The van der Waals surface area contributed by atoms with Crippen LogP contribution < -0.4 is 10.1 Å². The minimum Gasteiger partial charge on any atom is -0.493 e. The topological polar surface area (TPSA) is 75.7 Å². The molecular weight excluding hydrogens is 400 g/mol. The minimum atomic E-state index is -3.40. The Morgan fingerprint density at radius 2 is 1.67 bits per heavy atom. The Hall–Kier alpha value is -2.38. The van der Waals surface area contributed by atoms with Crippen LogP contribution in [0.5, 0.6) is 5.75 Å². The average Bonchev–Trinajstić information content (AvgIpc) is 3.27. The number of ether oxygens (including phenoxy) is 1. The number of amides is 1. The maximum absolute atomic E-state index is 12.5. The van der Waals surface area contributed by atoms with Gasteiger partial charge in [-0.25, -0.2) is 8.42 Å². The lowest BCUT2D eigenvalue weighted by Gasteiger charge is -2.15. The van der Waals surface area contributed by atoms with Gasteiger partial charge in [0.15, 0.2) is 0 Å². The Morgan fingerprint density at radius 1 is 1.03 bits per heavy atom. The third-order valence-electron chi connectivity index (χ3n) is 5.32. The Labute approximate surface area is 179 Å². The van der Waals surface area contributed by atoms with Gasteiger partial charge in [-0.15, -0.1) is 0 Å². The SMILES string of the molecule is Cc1cccc(C)c1OCCCC(=O)NCc1ccc(S(=O)(=O)N2CCCC2)cc1. The van der Waals surface area contributed by atoms with Crippen LogP contribution in [0.1, 0.15) is 42.4 Å². The maximum atomic E-state index is 12.5. The van der Waals surface area contributed by atoms with Crippen LogP contribution in [-0.4, -0.2) is 38.3 Å². The van der Waals surface area contributed by atoms with E-state index in [1.807, 2.05) is 32.0 Å². The maximum Gasteiger partial charge on any atom is 0.243 e. The van der Waals surface area contributed by atoms with Crippen LogP contribution in [-0.2, 0) is 21.4 Å². The van der Waals surface area contributed by atoms with Crippen LogP contribution in [0.3, 0.4) is 0 Å². The van der Waals surface area contributed by atoms with Gasteiger partial charge in [0.2, 0.25) is 15.9 Å². The number of para-hydroxylation sites is 1. The highest BCUT2D eigenvalue weighted by Crippen LogP contribution is 2.23. The number of rotatable bonds is 9. The molecule has 1 heterocycles. The molecule has 0 aliphatic carbocycles. The number of sulfonamides is 1. The number of aryl methyl sites for hydroxylation is 2. The predicted octanol–water partition coefficient (Wildman–Crippen LogP) is 3.56. The Bertz CT molecular complexity index is 945. The summed E-state index contributed by atoms with van der Waals surface area (Å²) < 4.78 is 32.5. The molecule has 0 spiro atoms. The third-order valence-corrected chi connectivity index (χ3v) is 7.23. The number of carbonyl (C=O) groups excluding carboxylic acids is 1. The normalized spacial score (nSPS) is 14.6. The van der Waals surface area contributed by atoms with Gasteiger partial charge in [0.25, 0.3) is 0 Å². The molecule has 3 rings (SSSR count). The quantitative estimate of drug-likeness (QED) is 0.617. The van der Waals surface area contributed by atoms with E-state index in [0.717, 1.165) is 35.3 Å². The van der Waals surface area contributed by atoms with Gasteiger partial charge in [0.05, 0.1) is 11.5 Å². The summed E-state index contributed by atoms with van der Waals surface area (Å²) in [4.78, 5) is 12.4. The number of carbonyl (C=O) groups is 1. The highest BCUT2D eigenvalue weighted by molar-refractivity contribution is 7.89. The molecule has 0 unspecified atom stereocenters. The fourth-order valence-corrected chi connectivity index (χ4v) is 5.10.